The molecule has 0 bridgehead atoms. The van der Waals surface area contributed by atoms with E-state index in [1.54, 1.807) is 11.1 Å². The second-order valence-corrected chi connectivity index (χ2v) is 23.5. The third kappa shape index (κ3) is 13.0. The van der Waals surface area contributed by atoms with Gasteiger partial charge in [0.15, 0.2) is 0 Å². The minimum absolute atomic E-state index is 0. The molecule has 4 aromatic carbocycles. The van der Waals surface area contributed by atoms with Crippen LogP contribution in [-0.4, -0.2) is 0 Å². The van der Waals surface area contributed by atoms with Gasteiger partial charge in [0, 0.05) is 0 Å². The quantitative estimate of drug-likeness (QED) is 0.141. The van der Waals surface area contributed by atoms with E-state index in [2.05, 4.69) is 184 Å². The second-order valence-electron chi connectivity index (χ2n) is 23.5. The topological polar surface area (TPSA) is 0 Å². The van der Waals surface area contributed by atoms with E-state index in [9.17, 15) is 0 Å². The van der Waals surface area contributed by atoms with E-state index in [-0.39, 0.29) is 47.5 Å². The molecule has 2 unspecified atom stereocenters. The van der Waals surface area contributed by atoms with Gasteiger partial charge in [-0.25, -0.2) is 0 Å². The summed E-state index contributed by atoms with van der Waals surface area (Å²) in [6.45, 7) is 39.3. The summed E-state index contributed by atoms with van der Waals surface area (Å²) in [5.41, 5.74) is 18.2. The molecule has 340 valence electrons. The Balaban J connectivity index is 0.000000233. The van der Waals surface area contributed by atoms with Gasteiger partial charge in [-0.15, -0.1) is 22.3 Å². The number of unbranched alkanes of at least 4 members (excludes halogenated alkanes) is 2. The summed E-state index contributed by atoms with van der Waals surface area (Å²) in [5, 5.41) is 0. The van der Waals surface area contributed by atoms with E-state index in [1.807, 2.05) is 0 Å². The second kappa shape index (κ2) is 22.5. The molecule has 0 amide bonds. The van der Waals surface area contributed by atoms with Crippen molar-refractivity contribution in [3.8, 4) is 22.3 Å². The normalized spacial score (nSPS) is 18.5. The molecule has 0 radical (unpaired) electrons. The summed E-state index contributed by atoms with van der Waals surface area (Å²) in [6, 6.07) is 31.7. The molecular formula is C62H88Hf. The maximum atomic E-state index is 3.92. The molecule has 0 spiro atoms. The fraction of sp³-hybridized carbons (Fsp3) is 0.581. The van der Waals surface area contributed by atoms with E-state index in [1.165, 1.54) is 133 Å². The van der Waals surface area contributed by atoms with Crippen LogP contribution in [0.1, 0.15) is 243 Å². The van der Waals surface area contributed by atoms with Crippen LogP contribution in [0.15, 0.2) is 60.7 Å². The first-order valence-corrected chi connectivity index (χ1v) is 25.2. The van der Waals surface area contributed by atoms with Gasteiger partial charge in [-0.1, -0.05) is 196 Å². The summed E-state index contributed by atoms with van der Waals surface area (Å²) in [6.07, 6.45) is 18.4. The third-order valence-corrected chi connectivity index (χ3v) is 14.2. The molecule has 0 aliphatic heterocycles. The predicted octanol–water partition coefficient (Wildman–Crippen LogP) is 18.8. The van der Waals surface area contributed by atoms with Crippen LogP contribution >= 0.6 is 0 Å². The summed E-state index contributed by atoms with van der Waals surface area (Å²) in [4.78, 5) is 0. The van der Waals surface area contributed by atoms with Gasteiger partial charge in [0.2, 0.25) is 0 Å². The zero-order valence-electron chi connectivity index (χ0n) is 42.9. The molecule has 1 heteroatoms. The SMILES string of the molecule is CC(C)(C)c1[c-]c2c(cc1)-c1ccc(C(C)(C)C)cc1C2C1CCCCC1.CC(C)(C)c1[c-]c2c(cc1)-c1ccc(C(C)(C)C)cc1C2C1CCCCC1.[CH2-]CCC.[CH2-]CCC.[Hf+4]. The Kier molecular flexibility index (Phi) is 19.1. The van der Waals surface area contributed by atoms with Crippen molar-refractivity contribution in [3.63, 3.8) is 0 Å². The molecule has 0 N–H and O–H groups in total. The molecule has 8 rings (SSSR count). The Morgan fingerprint density at radius 3 is 1.02 bits per heavy atom. The minimum atomic E-state index is 0. The Bertz CT molecular complexity index is 1760. The minimum Gasteiger partial charge on any atom is -0.343 e. The van der Waals surface area contributed by atoms with Gasteiger partial charge in [0.05, 0.1) is 0 Å². The van der Waals surface area contributed by atoms with Gasteiger partial charge in [-0.3, -0.25) is 0 Å². The number of rotatable bonds is 4. The summed E-state index contributed by atoms with van der Waals surface area (Å²) < 4.78 is 0. The average molecular weight is 1010 g/mol. The fourth-order valence-corrected chi connectivity index (χ4v) is 10.1. The van der Waals surface area contributed by atoms with Gasteiger partial charge in [0.1, 0.15) is 0 Å². The van der Waals surface area contributed by atoms with Crippen molar-refractivity contribution in [2.75, 3.05) is 0 Å². The monoisotopic (exact) mass is 1010 g/mol. The molecule has 63 heavy (non-hydrogen) atoms. The van der Waals surface area contributed by atoms with E-state index >= 15 is 0 Å². The third-order valence-electron chi connectivity index (χ3n) is 14.2. The zero-order chi connectivity index (χ0) is 45.6. The molecule has 4 aliphatic rings. The first-order chi connectivity index (χ1) is 29.1. The van der Waals surface area contributed by atoms with Gasteiger partial charge in [-0.05, 0) is 93.3 Å². The molecule has 0 saturated heterocycles. The zero-order valence-corrected chi connectivity index (χ0v) is 46.5. The predicted molar refractivity (Wildman–Crippen MR) is 274 cm³/mol. The van der Waals surface area contributed by atoms with Crippen LogP contribution in [0.5, 0.6) is 0 Å². The molecular weight excluding hydrogens is 923 g/mol. The number of benzene rings is 4. The molecule has 2 atom stereocenters. The Labute approximate surface area is 408 Å². The van der Waals surface area contributed by atoms with Crippen LogP contribution in [0.4, 0.5) is 0 Å². The van der Waals surface area contributed by atoms with Crippen molar-refractivity contribution < 1.29 is 25.8 Å². The maximum Gasteiger partial charge on any atom is 4.00 e. The van der Waals surface area contributed by atoms with Crippen molar-refractivity contribution in [2.24, 2.45) is 11.8 Å². The van der Waals surface area contributed by atoms with Crippen molar-refractivity contribution in [2.45, 2.75) is 220 Å². The van der Waals surface area contributed by atoms with E-state index in [0.29, 0.717) is 11.8 Å². The molecule has 0 aromatic heterocycles. The maximum absolute atomic E-state index is 3.92. The van der Waals surface area contributed by atoms with Crippen molar-refractivity contribution in [1.29, 1.82) is 0 Å². The first-order valence-electron chi connectivity index (χ1n) is 25.2. The number of fused-ring (bicyclic) bond motifs is 6. The van der Waals surface area contributed by atoms with E-state index in [4.69, 9.17) is 0 Å². The average Bonchev–Trinajstić information content (AvgIpc) is 3.75. The fourth-order valence-electron chi connectivity index (χ4n) is 10.1. The smallest absolute Gasteiger partial charge is 0.343 e. The molecule has 0 nitrogen and oxygen atoms in total. The summed E-state index contributed by atoms with van der Waals surface area (Å²) >= 11 is 0. The first kappa shape index (κ1) is 53.4. The number of hydrogen-bond acceptors (Lipinski definition) is 0. The largest absolute Gasteiger partial charge is 4.00 e. The summed E-state index contributed by atoms with van der Waals surface area (Å²) in [5.74, 6) is 2.64. The van der Waals surface area contributed by atoms with Crippen molar-refractivity contribution in [1.82, 2.24) is 0 Å². The molecule has 4 aromatic rings. The molecule has 2 saturated carbocycles. The van der Waals surface area contributed by atoms with Crippen LogP contribution in [0.3, 0.4) is 0 Å². The Morgan fingerprint density at radius 1 is 0.444 bits per heavy atom. The van der Waals surface area contributed by atoms with Crippen molar-refractivity contribution >= 4 is 0 Å². The van der Waals surface area contributed by atoms with Crippen LogP contribution in [0, 0.1) is 37.8 Å². The summed E-state index contributed by atoms with van der Waals surface area (Å²) in [7, 11) is 0. The van der Waals surface area contributed by atoms with Crippen molar-refractivity contribution in [3.05, 3.63) is 131 Å². The number of hydrogen-bond donors (Lipinski definition) is 0. The van der Waals surface area contributed by atoms with Gasteiger partial charge in [0.25, 0.3) is 0 Å². The molecule has 2 fully saturated rings. The van der Waals surface area contributed by atoms with Gasteiger partial charge < -0.3 is 13.8 Å². The molecule has 4 aliphatic carbocycles. The van der Waals surface area contributed by atoms with Gasteiger partial charge in [-0.2, -0.15) is 60.4 Å². The van der Waals surface area contributed by atoms with Crippen LogP contribution in [0.25, 0.3) is 22.3 Å². The van der Waals surface area contributed by atoms with E-state index < -0.39 is 0 Å². The Hall–Kier alpha value is -2.25. The Morgan fingerprint density at radius 2 is 0.746 bits per heavy atom. The molecule has 0 heterocycles. The van der Waals surface area contributed by atoms with Crippen LogP contribution in [0.2, 0.25) is 0 Å². The van der Waals surface area contributed by atoms with Crippen LogP contribution < -0.4 is 0 Å². The van der Waals surface area contributed by atoms with E-state index in [0.717, 1.165) is 24.7 Å². The van der Waals surface area contributed by atoms with Crippen LogP contribution in [-0.2, 0) is 47.5 Å². The van der Waals surface area contributed by atoms with Gasteiger partial charge >= 0.3 is 25.8 Å². The standard InChI is InChI=1S/2C27H35.2C4H9.Hf/c2*1-26(2,3)19-12-14-21-22-15-13-20(27(4,5)6)17-24(22)25(23(21)16-19)18-10-8-7-9-11-18;2*1-3-4-2;/h2*12-16,18,25H,7-11H2,1-6H3;2*1,3-4H2,2H3;/q4*-1;+4.